The van der Waals surface area contributed by atoms with Gasteiger partial charge >= 0.3 is 0 Å². The third kappa shape index (κ3) is 1.87. The monoisotopic (exact) mass is 335 g/mol. The van der Waals surface area contributed by atoms with Gasteiger partial charge in [-0.2, -0.15) is 0 Å². The van der Waals surface area contributed by atoms with E-state index in [-0.39, 0.29) is 0 Å². The maximum atomic E-state index is 6.27. The van der Waals surface area contributed by atoms with Gasteiger partial charge in [0.1, 0.15) is 11.2 Å². The molecule has 0 saturated carbocycles. The molecule has 2 heterocycles. The van der Waals surface area contributed by atoms with E-state index in [4.69, 9.17) is 4.42 Å². The van der Waals surface area contributed by atoms with Crippen LogP contribution in [-0.2, 0) is 0 Å². The summed E-state index contributed by atoms with van der Waals surface area (Å²) < 4.78 is 6.27. The van der Waals surface area contributed by atoms with Crippen LogP contribution in [0.25, 0.3) is 49.3 Å². The van der Waals surface area contributed by atoms with Gasteiger partial charge in [0.05, 0.1) is 10.9 Å². The van der Waals surface area contributed by atoms with Gasteiger partial charge in [0.2, 0.25) is 0 Å². The molecule has 0 atom stereocenters. The van der Waals surface area contributed by atoms with Gasteiger partial charge < -0.3 is 9.40 Å². The van der Waals surface area contributed by atoms with Crippen LogP contribution >= 0.6 is 0 Å². The van der Waals surface area contributed by atoms with Crippen LogP contribution in [0.1, 0.15) is 18.4 Å². The average molecular weight is 335 g/mol. The van der Waals surface area contributed by atoms with E-state index in [0.717, 1.165) is 35.0 Å². The second-order valence-corrected chi connectivity index (χ2v) is 6.99. The standard InChI is InChI=1S/C24H17NO/c1-2-6-15(7-3-1)16-10-12-20-19(14-16)23-21(25-20)13-11-18-17-8-4-5-9-22(17)26-24(18)23/h2,4-14,25H,1,3H2. The lowest BCUT2D eigenvalue weighted by Gasteiger charge is -2.07. The number of aromatic amines is 1. The highest BCUT2D eigenvalue weighted by Crippen LogP contribution is 2.38. The molecule has 0 spiro atoms. The van der Waals surface area contributed by atoms with Crippen molar-refractivity contribution < 1.29 is 4.42 Å². The van der Waals surface area contributed by atoms with E-state index in [1.807, 2.05) is 12.1 Å². The quantitative estimate of drug-likeness (QED) is 0.352. The Morgan fingerprint density at radius 2 is 1.73 bits per heavy atom. The number of hydrogen-bond acceptors (Lipinski definition) is 1. The normalized spacial score (nSPS) is 14.7. The van der Waals surface area contributed by atoms with Crippen molar-refractivity contribution in [2.75, 3.05) is 0 Å². The molecule has 0 aliphatic heterocycles. The van der Waals surface area contributed by atoms with Gasteiger partial charge in [-0.15, -0.1) is 0 Å². The summed E-state index contributed by atoms with van der Waals surface area (Å²) in [7, 11) is 0. The molecule has 0 radical (unpaired) electrons. The van der Waals surface area contributed by atoms with Crippen LogP contribution in [0, 0.1) is 0 Å². The molecular weight excluding hydrogens is 318 g/mol. The molecule has 0 saturated heterocycles. The SMILES string of the molecule is C1=CC(c2ccc3[nH]c4ccc5c6ccccc6oc5c4c3c2)=CCC1. The highest BCUT2D eigenvalue weighted by atomic mass is 16.3. The van der Waals surface area contributed by atoms with E-state index < -0.39 is 0 Å². The Labute approximate surface area is 150 Å². The highest BCUT2D eigenvalue weighted by molar-refractivity contribution is 6.23. The van der Waals surface area contributed by atoms with Gasteiger partial charge in [0.15, 0.2) is 0 Å². The Balaban J connectivity index is 1.73. The lowest BCUT2D eigenvalue weighted by molar-refractivity contribution is 0.673. The highest BCUT2D eigenvalue weighted by Gasteiger charge is 2.15. The van der Waals surface area contributed by atoms with Crippen LogP contribution in [-0.4, -0.2) is 4.98 Å². The number of para-hydroxylation sites is 1. The fraction of sp³-hybridized carbons (Fsp3) is 0.0833. The predicted molar refractivity (Wildman–Crippen MR) is 109 cm³/mol. The lowest BCUT2D eigenvalue weighted by Crippen LogP contribution is -1.85. The molecule has 1 aliphatic carbocycles. The number of nitrogens with one attached hydrogen (secondary N) is 1. The molecule has 1 aliphatic rings. The first kappa shape index (κ1) is 14.0. The molecule has 3 aromatic carbocycles. The minimum Gasteiger partial charge on any atom is -0.455 e. The number of H-pyrrole nitrogens is 1. The number of furan rings is 1. The molecule has 2 nitrogen and oxygen atoms in total. The summed E-state index contributed by atoms with van der Waals surface area (Å²) in [4.78, 5) is 3.55. The summed E-state index contributed by atoms with van der Waals surface area (Å²) in [6, 6.07) is 19.3. The summed E-state index contributed by atoms with van der Waals surface area (Å²) in [6.45, 7) is 0. The minimum atomic E-state index is 0.943. The first-order chi connectivity index (χ1) is 12.9. The molecule has 0 amide bonds. The van der Waals surface area contributed by atoms with Crippen molar-refractivity contribution in [3.05, 3.63) is 78.4 Å². The van der Waals surface area contributed by atoms with Crippen molar-refractivity contribution >= 4 is 49.3 Å². The first-order valence-electron chi connectivity index (χ1n) is 9.11. The van der Waals surface area contributed by atoms with Gasteiger partial charge in [-0.1, -0.05) is 42.5 Å². The second-order valence-electron chi connectivity index (χ2n) is 6.99. The van der Waals surface area contributed by atoms with Crippen LogP contribution < -0.4 is 0 Å². The minimum absolute atomic E-state index is 0.943. The van der Waals surface area contributed by atoms with Crippen LogP contribution in [0.4, 0.5) is 0 Å². The largest absolute Gasteiger partial charge is 0.455 e. The molecule has 1 N–H and O–H groups in total. The zero-order valence-corrected chi connectivity index (χ0v) is 14.3. The Bertz CT molecular complexity index is 1380. The third-order valence-corrected chi connectivity index (χ3v) is 5.43. The summed E-state index contributed by atoms with van der Waals surface area (Å²) in [5, 5.41) is 4.75. The molecule has 0 bridgehead atoms. The van der Waals surface area contributed by atoms with Gasteiger partial charge in [-0.25, -0.2) is 0 Å². The van der Waals surface area contributed by atoms with E-state index in [1.165, 1.54) is 32.7 Å². The molecule has 26 heavy (non-hydrogen) atoms. The number of hydrogen-bond donors (Lipinski definition) is 1. The van der Waals surface area contributed by atoms with Crippen molar-refractivity contribution in [2.45, 2.75) is 12.8 Å². The van der Waals surface area contributed by atoms with Crippen molar-refractivity contribution in [1.82, 2.24) is 4.98 Å². The molecule has 0 fully saturated rings. The summed E-state index contributed by atoms with van der Waals surface area (Å²) in [6.07, 6.45) is 9.07. The van der Waals surface area contributed by atoms with E-state index in [9.17, 15) is 0 Å². The maximum Gasteiger partial charge on any atom is 0.145 e. The van der Waals surface area contributed by atoms with Gasteiger partial charge in [-0.3, -0.25) is 0 Å². The fourth-order valence-electron chi connectivity index (χ4n) is 4.17. The Morgan fingerprint density at radius 1 is 0.808 bits per heavy atom. The summed E-state index contributed by atoms with van der Waals surface area (Å²) in [5.41, 5.74) is 6.76. The number of rotatable bonds is 1. The van der Waals surface area contributed by atoms with E-state index in [0.29, 0.717) is 0 Å². The van der Waals surface area contributed by atoms with Crippen molar-refractivity contribution in [1.29, 1.82) is 0 Å². The van der Waals surface area contributed by atoms with Gasteiger partial charge in [0, 0.05) is 21.7 Å². The predicted octanol–water partition coefficient (Wildman–Crippen LogP) is 6.95. The van der Waals surface area contributed by atoms with Crippen molar-refractivity contribution in [3.8, 4) is 0 Å². The zero-order valence-electron chi connectivity index (χ0n) is 14.3. The van der Waals surface area contributed by atoms with Gasteiger partial charge in [-0.05, 0) is 54.3 Å². The maximum absolute atomic E-state index is 6.27. The number of fused-ring (bicyclic) bond motifs is 7. The topological polar surface area (TPSA) is 28.9 Å². The first-order valence-corrected chi connectivity index (χ1v) is 9.11. The average Bonchev–Trinajstić information content (AvgIpc) is 3.26. The van der Waals surface area contributed by atoms with Crippen molar-refractivity contribution in [3.63, 3.8) is 0 Å². The molecule has 2 heteroatoms. The Kier molecular flexibility index (Phi) is 2.75. The van der Waals surface area contributed by atoms with E-state index >= 15 is 0 Å². The molecule has 0 unspecified atom stereocenters. The molecule has 5 aromatic rings. The number of aromatic nitrogens is 1. The Hall–Kier alpha value is -3.26. The molecule has 6 rings (SSSR count). The van der Waals surface area contributed by atoms with Crippen LogP contribution in [0.15, 0.2) is 77.2 Å². The fourth-order valence-corrected chi connectivity index (χ4v) is 4.17. The zero-order chi connectivity index (χ0) is 17.1. The molecule has 124 valence electrons. The third-order valence-electron chi connectivity index (χ3n) is 5.43. The molecule has 2 aromatic heterocycles. The summed E-state index contributed by atoms with van der Waals surface area (Å²) in [5.74, 6) is 0. The number of allylic oxidation sites excluding steroid dienone is 4. The number of benzene rings is 3. The van der Waals surface area contributed by atoms with Crippen LogP contribution in [0.5, 0.6) is 0 Å². The van der Waals surface area contributed by atoms with Crippen LogP contribution in [0.3, 0.4) is 0 Å². The van der Waals surface area contributed by atoms with E-state index in [1.54, 1.807) is 0 Å². The summed E-state index contributed by atoms with van der Waals surface area (Å²) >= 11 is 0. The van der Waals surface area contributed by atoms with E-state index in [2.05, 4.69) is 65.7 Å². The smallest absolute Gasteiger partial charge is 0.145 e. The van der Waals surface area contributed by atoms with Crippen molar-refractivity contribution in [2.24, 2.45) is 0 Å². The molecular formula is C24H17NO. The lowest BCUT2D eigenvalue weighted by atomic mass is 9.98. The van der Waals surface area contributed by atoms with Crippen LogP contribution in [0.2, 0.25) is 0 Å². The Morgan fingerprint density at radius 3 is 2.65 bits per heavy atom. The second kappa shape index (κ2) is 5.12. The van der Waals surface area contributed by atoms with Gasteiger partial charge in [0.25, 0.3) is 0 Å².